The zero-order chi connectivity index (χ0) is 18.9. The van der Waals surface area contributed by atoms with Gasteiger partial charge in [-0.1, -0.05) is 30.4 Å². The smallest absolute Gasteiger partial charge is 0.163 e. The van der Waals surface area contributed by atoms with E-state index in [1.807, 2.05) is 18.2 Å². The van der Waals surface area contributed by atoms with E-state index in [1.54, 1.807) is 37.5 Å². The van der Waals surface area contributed by atoms with Crippen molar-refractivity contribution in [1.29, 1.82) is 0 Å². The van der Waals surface area contributed by atoms with Crippen molar-refractivity contribution in [2.45, 2.75) is 6.42 Å². The Kier molecular flexibility index (Phi) is 8.48. The van der Waals surface area contributed by atoms with E-state index < -0.39 is 0 Å². The van der Waals surface area contributed by atoms with Crippen molar-refractivity contribution in [3.8, 4) is 17.2 Å². The van der Waals surface area contributed by atoms with Crippen LogP contribution in [-0.4, -0.2) is 36.4 Å². The summed E-state index contributed by atoms with van der Waals surface area (Å²) in [6, 6.07) is 12.0. The van der Waals surface area contributed by atoms with Crippen LogP contribution in [0.3, 0.4) is 0 Å². The van der Waals surface area contributed by atoms with E-state index in [0.717, 1.165) is 5.56 Å². The molecule has 0 aliphatic carbocycles. The summed E-state index contributed by atoms with van der Waals surface area (Å²) in [6.07, 6.45) is 5.72. The molecule has 2 rings (SSSR count). The Labute approximate surface area is 157 Å². The van der Waals surface area contributed by atoms with Crippen LogP contribution in [0.15, 0.2) is 54.6 Å². The molecule has 0 radical (unpaired) electrons. The molecular formula is C21H22O6. The molecule has 0 fully saturated rings. The number of hydrogen-bond acceptors (Lipinski definition) is 5. The van der Waals surface area contributed by atoms with Gasteiger partial charge in [-0.3, -0.25) is 9.59 Å². The minimum absolute atomic E-state index is 0. The number of carbonyl (C=O) groups excluding carboxylic acids is 2. The van der Waals surface area contributed by atoms with Crippen LogP contribution in [0.25, 0.3) is 12.2 Å². The Bertz CT molecular complexity index is 852. The molecule has 0 amide bonds. The van der Waals surface area contributed by atoms with Crippen LogP contribution in [0.4, 0.5) is 0 Å². The second-order valence-corrected chi connectivity index (χ2v) is 5.48. The molecule has 0 saturated heterocycles. The summed E-state index contributed by atoms with van der Waals surface area (Å²) in [7, 11) is 3.02. The van der Waals surface area contributed by atoms with Crippen molar-refractivity contribution >= 4 is 23.7 Å². The van der Waals surface area contributed by atoms with Crippen molar-refractivity contribution < 1.29 is 29.6 Å². The van der Waals surface area contributed by atoms with Gasteiger partial charge in [0.25, 0.3) is 0 Å². The molecule has 0 aliphatic rings. The topological polar surface area (TPSA) is 104 Å². The Balaban J connectivity index is 0.00000364. The van der Waals surface area contributed by atoms with Gasteiger partial charge in [0, 0.05) is 0 Å². The average molecular weight is 370 g/mol. The van der Waals surface area contributed by atoms with Gasteiger partial charge in [0.05, 0.1) is 20.6 Å². The summed E-state index contributed by atoms with van der Waals surface area (Å²) in [5.41, 5.74) is 1.50. The minimum Gasteiger partial charge on any atom is -0.504 e. The molecule has 6 nitrogen and oxygen atoms in total. The highest BCUT2D eigenvalue weighted by Gasteiger charge is 2.05. The van der Waals surface area contributed by atoms with Crippen molar-refractivity contribution in [1.82, 2.24) is 0 Å². The van der Waals surface area contributed by atoms with E-state index in [2.05, 4.69) is 0 Å². The molecular weight excluding hydrogens is 348 g/mol. The Morgan fingerprint density at radius 3 is 2.15 bits per heavy atom. The summed E-state index contributed by atoms with van der Waals surface area (Å²) in [5.74, 6) is 0.441. The maximum absolute atomic E-state index is 11.9. The first kappa shape index (κ1) is 21.7. The normalized spacial score (nSPS) is 10.6. The second-order valence-electron chi connectivity index (χ2n) is 5.48. The number of aromatic hydroxyl groups is 1. The van der Waals surface area contributed by atoms with Gasteiger partial charge in [-0.25, -0.2) is 0 Å². The number of allylic oxidation sites excluding steroid dienone is 2. The summed E-state index contributed by atoms with van der Waals surface area (Å²) >= 11 is 0. The van der Waals surface area contributed by atoms with Crippen LogP contribution in [0.2, 0.25) is 0 Å². The number of methoxy groups -OCH3 is 2. The largest absolute Gasteiger partial charge is 0.504 e. The number of carbonyl (C=O) groups is 2. The third-order valence-electron chi connectivity index (χ3n) is 3.57. The molecule has 0 aliphatic heterocycles. The summed E-state index contributed by atoms with van der Waals surface area (Å²) < 4.78 is 10.1. The zero-order valence-corrected chi connectivity index (χ0v) is 15.1. The molecule has 0 unspecified atom stereocenters. The summed E-state index contributed by atoms with van der Waals surface area (Å²) in [6.45, 7) is 0. The third-order valence-corrected chi connectivity index (χ3v) is 3.57. The molecule has 2 aromatic carbocycles. The zero-order valence-electron chi connectivity index (χ0n) is 15.1. The number of rotatable bonds is 8. The van der Waals surface area contributed by atoms with E-state index >= 15 is 0 Å². The van der Waals surface area contributed by atoms with Crippen LogP contribution >= 0.6 is 0 Å². The molecule has 0 aromatic heterocycles. The minimum atomic E-state index is -0.308. The fourth-order valence-electron chi connectivity index (χ4n) is 2.21. The number of phenols is 1. The average Bonchev–Trinajstić information content (AvgIpc) is 2.66. The van der Waals surface area contributed by atoms with Crippen molar-refractivity contribution in [3.63, 3.8) is 0 Å². The van der Waals surface area contributed by atoms with Gasteiger partial charge in [-0.15, -0.1) is 0 Å². The first-order valence-corrected chi connectivity index (χ1v) is 7.94. The number of phenolic OH excluding ortho intramolecular Hbond substituents is 1. The summed E-state index contributed by atoms with van der Waals surface area (Å²) in [4.78, 5) is 23.8. The van der Waals surface area contributed by atoms with Crippen molar-refractivity contribution in [2.24, 2.45) is 0 Å². The highest BCUT2D eigenvalue weighted by atomic mass is 16.5. The number of hydrogen-bond donors (Lipinski definition) is 1. The molecule has 27 heavy (non-hydrogen) atoms. The predicted octanol–water partition coefficient (Wildman–Crippen LogP) is 2.84. The molecule has 2 aromatic rings. The maximum atomic E-state index is 11.9. The molecule has 0 spiro atoms. The van der Waals surface area contributed by atoms with Crippen LogP contribution in [0.5, 0.6) is 17.2 Å². The summed E-state index contributed by atoms with van der Waals surface area (Å²) in [5, 5.41) is 9.54. The standard InChI is InChI=1S/C21H20O5.H2O/c1-25-19-5-3-4-15(12-19)6-9-17(22)14-18(23)10-7-16-8-11-20(24)21(13-16)26-2;/h3-13,24H,14H2,1-2H3;1H2/b9-6+,10-7+;. The first-order valence-electron chi connectivity index (χ1n) is 7.94. The number of ether oxygens (including phenoxy) is 2. The highest BCUT2D eigenvalue weighted by Crippen LogP contribution is 2.26. The van der Waals surface area contributed by atoms with Crippen molar-refractivity contribution in [2.75, 3.05) is 14.2 Å². The van der Waals surface area contributed by atoms with E-state index in [9.17, 15) is 14.7 Å². The van der Waals surface area contributed by atoms with Crippen LogP contribution in [-0.2, 0) is 9.59 Å². The monoisotopic (exact) mass is 370 g/mol. The predicted molar refractivity (Wildman–Crippen MR) is 104 cm³/mol. The lowest BCUT2D eigenvalue weighted by Gasteiger charge is -2.03. The fraction of sp³-hybridized carbons (Fsp3) is 0.143. The van der Waals surface area contributed by atoms with Crippen LogP contribution in [0, 0.1) is 0 Å². The van der Waals surface area contributed by atoms with Gasteiger partial charge in [-0.2, -0.15) is 0 Å². The lowest BCUT2D eigenvalue weighted by molar-refractivity contribution is -0.121. The highest BCUT2D eigenvalue weighted by molar-refractivity contribution is 6.10. The first-order chi connectivity index (χ1) is 12.5. The Hall–Kier alpha value is -3.38. The number of benzene rings is 2. The lowest BCUT2D eigenvalue weighted by Crippen LogP contribution is -2.01. The molecule has 6 heteroatoms. The third kappa shape index (κ3) is 6.80. The molecule has 3 N–H and O–H groups in total. The quantitative estimate of drug-likeness (QED) is 0.568. The molecule has 0 saturated carbocycles. The van der Waals surface area contributed by atoms with Gasteiger partial charge in [0.15, 0.2) is 23.1 Å². The van der Waals surface area contributed by atoms with E-state index in [4.69, 9.17) is 9.47 Å². The van der Waals surface area contributed by atoms with Crippen LogP contribution < -0.4 is 9.47 Å². The maximum Gasteiger partial charge on any atom is 0.163 e. The van der Waals surface area contributed by atoms with E-state index in [-0.39, 0.29) is 29.2 Å². The van der Waals surface area contributed by atoms with Gasteiger partial charge in [0.1, 0.15) is 5.75 Å². The van der Waals surface area contributed by atoms with E-state index in [0.29, 0.717) is 17.1 Å². The van der Waals surface area contributed by atoms with Gasteiger partial charge in [0.2, 0.25) is 0 Å². The second kappa shape index (κ2) is 10.6. The molecule has 142 valence electrons. The van der Waals surface area contributed by atoms with E-state index in [1.165, 1.54) is 25.3 Å². The van der Waals surface area contributed by atoms with Gasteiger partial charge in [-0.05, 0) is 47.5 Å². The molecule has 0 atom stereocenters. The van der Waals surface area contributed by atoms with Gasteiger partial charge < -0.3 is 20.1 Å². The SMILES string of the molecule is COc1cccc(/C=C/C(=O)CC(=O)/C=C/c2ccc(O)c(OC)c2)c1.O. The Morgan fingerprint density at radius 1 is 0.926 bits per heavy atom. The number of ketones is 2. The molecule has 0 heterocycles. The molecule has 0 bridgehead atoms. The van der Waals surface area contributed by atoms with Crippen LogP contribution in [0.1, 0.15) is 17.5 Å². The van der Waals surface area contributed by atoms with Gasteiger partial charge >= 0.3 is 0 Å². The van der Waals surface area contributed by atoms with Crippen molar-refractivity contribution in [3.05, 3.63) is 65.7 Å². The fourth-order valence-corrected chi connectivity index (χ4v) is 2.21. The lowest BCUT2D eigenvalue weighted by atomic mass is 10.1. The Morgan fingerprint density at radius 2 is 1.56 bits per heavy atom.